The van der Waals surface area contributed by atoms with Crippen molar-refractivity contribution >= 4 is 5.97 Å². The van der Waals surface area contributed by atoms with Crippen LogP contribution >= 0.6 is 0 Å². The van der Waals surface area contributed by atoms with Crippen LogP contribution in [-0.2, 0) is 9.53 Å². The topological polar surface area (TPSA) is 148 Å². The fourth-order valence-electron chi connectivity index (χ4n) is 1.71. The lowest BCUT2D eigenvalue weighted by atomic mass is 9.82. The van der Waals surface area contributed by atoms with Gasteiger partial charge in [0.1, 0.15) is 18.3 Å². The van der Waals surface area contributed by atoms with E-state index in [4.69, 9.17) is 0 Å². The highest BCUT2D eigenvalue weighted by molar-refractivity contribution is 5.87. The van der Waals surface area contributed by atoms with Crippen LogP contribution in [0.2, 0.25) is 0 Å². The van der Waals surface area contributed by atoms with E-state index in [0.717, 1.165) is 0 Å². The van der Waals surface area contributed by atoms with Crippen molar-refractivity contribution in [3.05, 3.63) is 11.6 Å². The van der Waals surface area contributed by atoms with Gasteiger partial charge in [0.05, 0.1) is 0 Å². The van der Waals surface area contributed by atoms with Crippen molar-refractivity contribution in [3.63, 3.8) is 0 Å². The summed E-state index contributed by atoms with van der Waals surface area (Å²) in [4.78, 5) is 11.5. The minimum Gasteiger partial charge on any atom is -0.424 e. The molecule has 0 saturated heterocycles. The van der Waals surface area contributed by atoms with Gasteiger partial charge in [-0.2, -0.15) is 0 Å². The van der Waals surface area contributed by atoms with E-state index in [0.29, 0.717) is 0 Å². The number of aliphatic hydroxyl groups is 6. The predicted octanol–water partition coefficient (Wildman–Crippen LogP) is -3.00. The lowest BCUT2D eigenvalue weighted by Gasteiger charge is -2.46. The van der Waals surface area contributed by atoms with Crippen molar-refractivity contribution in [1.82, 2.24) is 0 Å². The highest BCUT2D eigenvalue weighted by Gasteiger charge is 2.60. The average molecular weight is 278 g/mol. The van der Waals surface area contributed by atoms with Gasteiger partial charge in [0.2, 0.25) is 0 Å². The monoisotopic (exact) mass is 278 g/mol. The third-order valence-corrected chi connectivity index (χ3v) is 3.21. The van der Waals surface area contributed by atoms with Gasteiger partial charge in [0.25, 0.3) is 5.79 Å². The van der Waals surface area contributed by atoms with Crippen LogP contribution in [0.3, 0.4) is 0 Å². The standard InChI is InChI=1S/C11H18O8/c1-3-4(2)10(17)19-11(18)8(15)6(13)5(12)7(14)9(11)16/h3,5-9,12-16,18H,1-2H3/t5-,6-,7+,8-,9-,11-/m1/s1. The highest BCUT2D eigenvalue weighted by atomic mass is 16.7. The molecule has 8 heteroatoms. The van der Waals surface area contributed by atoms with E-state index in [1.54, 1.807) is 0 Å². The third kappa shape index (κ3) is 2.64. The predicted molar refractivity (Wildman–Crippen MR) is 60.5 cm³/mol. The molecule has 110 valence electrons. The van der Waals surface area contributed by atoms with Crippen molar-refractivity contribution in [1.29, 1.82) is 0 Å². The molecule has 0 radical (unpaired) electrons. The fourth-order valence-corrected chi connectivity index (χ4v) is 1.71. The SMILES string of the molecule is CC=C(C)C(=O)O[C@]1(O)[C@H](O)[C@H](O)[C@@H](O)[C@H](O)[C@H]1O. The van der Waals surface area contributed by atoms with Crippen LogP contribution in [0.15, 0.2) is 11.6 Å². The van der Waals surface area contributed by atoms with Crippen LogP contribution in [0.1, 0.15) is 13.8 Å². The van der Waals surface area contributed by atoms with Gasteiger partial charge in [-0.25, -0.2) is 4.79 Å². The number of ether oxygens (including phenoxy) is 1. The first-order valence-corrected chi connectivity index (χ1v) is 5.65. The van der Waals surface area contributed by atoms with Gasteiger partial charge in [-0.05, 0) is 13.8 Å². The second kappa shape index (κ2) is 5.53. The third-order valence-electron chi connectivity index (χ3n) is 3.21. The second-order valence-electron chi connectivity index (χ2n) is 4.47. The molecule has 0 aromatic heterocycles. The van der Waals surface area contributed by atoms with Gasteiger partial charge in [-0.3, -0.25) is 0 Å². The van der Waals surface area contributed by atoms with E-state index in [9.17, 15) is 35.4 Å². The van der Waals surface area contributed by atoms with Crippen LogP contribution < -0.4 is 0 Å². The number of aliphatic hydroxyl groups excluding tert-OH is 5. The second-order valence-corrected chi connectivity index (χ2v) is 4.47. The van der Waals surface area contributed by atoms with Gasteiger partial charge in [0, 0.05) is 5.57 Å². The summed E-state index contributed by atoms with van der Waals surface area (Å²) in [6.07, 6.45) is -8.82. The zero-order chi connectivity index (χ0) is 15.0. The Labute approximate surface area is 109 Å². The van der Waals surface area contributed by atoms with E-state index in [2.05, 4.69) is 4.74 Å². The molecule has 1 rings (SSSR count). The molecule has 8 nitrogen and oxygen atoms in total. The highest BCUT2D eigenvalue weighted by Crippen LogP contribution is 2.32. The minimum atomic E-state index is -2.92. The Hall–Kier alpha value is -1.03. The molecule has 0 heterocycles. The fraction of sp³-hybridized carbons (Fsp3) is 0.727. The Kier molecular flexibility index (Phi) is 4.67. The molecule has 0 spiro atoms. The Morgan fingerprint density at radius 3 is 1.84 bits per heavy atom. The zero-order valence-electron chi connectivity index (χ0n) is 10.5. The van der Waals surface area contributed by atoms with Crippen LogP contribution in [0.4, 0.5) is 0 Å². The number of hydrogen-bond donors (Lipinski definition) is 6. The van der Waals surface area contributed by atoms with Crippen molar-refractivity contribution < 1.29 is 40.2 Å². The molecule has 0 aromatic carbocycles. The smallest absolute Gasteiger partial charge is 0.336 e. The molecular formula is C11H18O8. The summed E-state index contributed by atoms with van der Waals surface area (Å²) >= 11 is 0. The number of carbonyl (C=O) groups is 1. The molecule has 1 aliphatic rings. The summed E-state index contributed by atoms with van der Waals surface area (Å²) in [5.74, 6) is -3.96. The lowest BCUT2D eigenvalue weighted by Crippen LogP contribution is -2.72. The molecular weight excluding hydrogens is 260 g/mol. The molecule has 0 bridgehead atoms. The van der Waals surface area contributed by atoms with Crippen LogP contribution in [-0.4, -0.2) is 72.9 Å². The van der Waals surface area contributed by atoms with Gasteiger partial charge in [-0.15, -0.1) is 0 Å². The van der Waals surface area contributed by atoms with E-state index in [-0.39, 0.29) is 5.57 Å². The average Bonchev–Trinajstić information content (AvgIpc) is 2.40. The van der Waals surface area contributed by atoms with Gasteiger partial charge in [0.15, 0.2) is 12.2 Å². The molecule has 1 aliphatic carbocycles. The van der Waals surface area contributed by atoms with Gasteiger partial charge in [-0.1, -0.05) is 6.08 Å². The molecule has 0 unspecified atom stereocenters. The molecule has 1 fully saturated rings. The van der Waals surface area contributed by atoms with Crippen molar-refractivity contribution in [3.8, 4) is 0 Å². The molecule has 0 amide bonds. The number of rotatable bonds is 2. The molecule has 0 aliphatic heterocycles. The first-order chi connectivity index (χ1) is 8.66. The number of hydrogen-bond acceptors (Lipinski definition) is 8. The Morgan fingerprint density at radius 1 is 1.05 bits per heavy atom. The maximum absolute atomic E-state index is 11.5. The lowest BCUT2D eigenvalue weighted by molar-refractivity contribution is -0.346. The Balaban J connectivity index is 3.03. The molecule has 1 saturated carbocycles. The summed E-state index contributed by atoms with van der Waals surface area (Å²) in [7, 11) is 0. The van der Waals surface area contributed by atoms with Gasteiger partial charge < -0.3 is 35.4 Å². The maximum Gasteiger partial charge on any atom is 0.336 e. The number of allylic oxidation sites excluding steroid dienone is 1. The molecule has 6 atom stereocenters. The van der Waals surface area contributed by atoms with Gasteiger partial charge >= 0.3 is 5.97 Å². The van der Waals surface area contributed by atoms with E-state index in [1.807, 2.05) is 0 Å². The van der Waals surface area contributed by atoms with Crippen LogP contribution in [0.5, 0.6) is 0 Å². The normalized spacial score (nSPS) is 44.0. The first kappa shape index (κ1) is 16.0. The molecule has 0 aromatic rings. The summed E-state index contributed by atoms with van der Waals surface area (Å²) < 4.78 is 4.56. The summed E-state index contributed by atoms with van der Waals surface area (Å²) in [6.45, 7) is 2.90. The number of carbonyl (C=O) groups excluding carboxylic acids is 1. The van der Waals surface area contributed by atoms with Crippen molar-refractivity contribution in [2.45, 2.75) is 50.2 Å². The Morgan fingerprint density at radius 2 is 1.47 bits per heavy atom. The van der Waals surface area contributed by atoms with Crippen LogP contribution in [0.25, 0.3) is 0 Å². The van der Waals surface area contributed by atoms with Crippen molar-refractivity contribution in [2.75, 3.05) is 0 Å². The van der Waals surface area contributed by atoms with Crippen LogP contribution in [0, 0.1) is 0 Å². The van der Waals surface area contributed by atoms with E-state index >= 15 is 0 Å². The summed E-state index contributed by atoms with van der Waals surface area (Å²) in [6, 6.07) is 0. The Bertz CT molecular complexity index is 363. The molecule has 19 heavy (non-hydrogen) atoms. The minimum absolute atomic E-state index is 0.0860. The maximum atomic E-state index is 11.5. The number of esters is 1. The summed E-state index contributed by atoms with van der Waals surface area (Å²) in [5.41, 5.74) is 0.0860. The quantitative estimate of drug-likeness (QED) is 0.178. The van der Waals surface area contributed by atoms with E-state index in [1.165, 1.54) is 19.9 Å². The molecule has 6 N–H and O–H groups in total. The van der Waals surface area contributed by atoms with Crippen molar-refractivity contribution in [2.24, 2.45) is 0 Å². The van der Waals surface area contributed by atoms with E-state index < -0.39 is 42.3 Å². The zero-order valence-corrected chi connectivity index (χ0v) is 10.5. The summed E-state index contributed by atoms with van der Waals surface area (Å²) in [5, 5.41) is 57.5. The first-order valence-electron chi connectivity index (χ1n) is 5.65. The largest absolute Gasteiger partial charge is 0.424 e.